The predicted molar refractivity (Wildman–Crippen MR) is 139 cm³/mol. The average molecular weight is 508 g/mol. The Balaban J connectivity index is 2.03. The number of benzene rings is 2. The minimum atomic E-state index is -0.759. The van der Waals surface area contributed by atoms with Crippen LogP contribution in [0.2, 0.25) is 0 Å². The van der Waals surface area contributed by atoms with E-state index in [9.17, 15) is 14.7 Å². The molecule has 0 radical (unpaired) electrons. The lowest BCUT2D eigenvalue weighted by Crippen LogP contribution is -2.43. The van der Waals surface area contributed by atoms with Gasteiger partial charge < -0.3 is 19.5 Å². The molecule has 4 rings (SSSR count). The summed E-state index contributed by atoms with van der Waals surface area (Å²) in [6.07, 6.45) is 1.72. The lowest BCUT2D eigenvalue weighted by Gasteiger charge is -2.30. The molecule has 1 atom stereocenters. The first-order chi connectivity index (χ1) is 17.3. The number of fused-ring (bicyclic) bond motifs is 1. The lowest BCUT2D eigenvalue weighted by molar-refractivity contribution is -0.127. The molecule has 0 unspecified atom stereocenters. The molecule has 0 saturated carbocycles. The van der Waals surface area contributed by atoms with Crippen LogP contribution in [0.3, 0.4) is 0 Å². The number of methoxy groups -OCH3 is 2. The minimum absolute atomic E-state index is 0.110. The number of thiazole rings is 1. The second-order valence-electron chi connectivity index (χ2n) is 8.26. The van der Waals surface area contributed by atoms with Gasteiger partial charge in [-0.2, -0.15) is 0 Å². The summed E-state index contributed by atoms with van der Waals surface area (Å²) >= 11 is 1.24. The van der Waals surface area contributed by atoms with Gasteiger partial charge in [0.1, 0.15) is 23.3 Å². The van der Waals surface area contributed by atoms with E-state index in [2.05, 4.69) is 4.99 Å². The Kier molecular flexibility index (Phi) is 7.30. The normalized spacial score (nSPS) is 15.4. The van der Waals surface area contributed by atoms with Crippen molar-refractivity contribution in [2.45, 2.75) is 26.8 Å². The highest BCUT2D eigenvalue weighted by Crippen LogP contribution is 2.38. The fourth-order valence-electron chi connectivity index (χ4n) is 4.39. The Hall–Kier alpha value is -3.85. The van der Waals surface area contributed by atoms with Crippen LogP contribution in [0.4, 0.5) is 0 Å². The van der Waals surface area contributed by atoms with Gasteiger partial charge in [0.05, 0.1) is 30.0 Å². The summed E-state index contributed by atoms with van der Waals surface area (Å²) in [5.41, 5.74) is 2.00. The Bertz CT molecular complexity index is 1510. The summed E-state index contributed by atoms with van der Waals surface area (Å²) in [5, 5.41) is 9.86. The Morgan fingerprint density at radius 3 is 2.56 bits per heavy atom. The van der Waals surface area contributed by atoms with Crippen LogP contribution in [0.15, 0.2) is 63.5 Å². The maximum absolute atomic E-state index is 13.8. The highest BCUT2D eigenvalue weighted by Gasteiger charge is 2.36. The molecule has 1 aromatic heterocycles. The number of likely N-dealkylation sites (N-methyl/N-ethyl adjacent to an activating group) is 1. The maximum Gasteiger partial charge on any atom is 0.271 e. The van der Waals surface area contributed by atoms with E-state index in [1.165, 1.54) is 11.3 Å². The fraction of sp³-hybridized carbons (Fsp3) is 0.296. The molecule has 1 N–H and O–H groups in total. The summed E-state index contributed by atoms with van der Waals surface area (Å²) in [5.74, 6) is 1.04. The molecule has 0 saturated heterocycles. The first-order valence-corrected chi connectivity index (χ1v) is 12.5. The number of allylic oxidation sites excluding steroid dienone is 1. The van der Waals surface area contributed by atoms with Crippen LogP contribution in [0.25, 0.3) is 6.08 Å². The van der Waals surface area contributed by atoms with E-state index in [1.54, 1.807) is 79.2 Å². The van der Waals surface area contributed by atoms with Gasteiger partial charge in [0, 0.05) is 18.7 Å². The predicted octanol–water partition coefficient (Wildman–Crippen LogP) is 2.83. The fourth-order valence-corrected chi connectivity index (χ4v) is 5.44. The molecule has 2 aromatic carbocycles. The molecule has 0 fully saturated rings. The number of nitrogens with zero attached hydrogens (tertiary/aromatic N) is 3. The quantitative estimate of drug-likeness (QED) is 0.531. The third-order valence-electron chi connectivity index (χ3n) is 6.20. The zero-order valence-corrected chi connectivity index (χ0v) is 21.8. The van der Waals surface area contributed by atoms with E-state index >= 15 is 0 Å². The minimum Gasteiger partial charge on any atom is -0.508 e. The first-order valence-electron chi connectivity index (χ1n) is 11.7. The number of carbonyl (C=O) groups is 1. The van der Waals surface area contributed by atoms with Gasteiger partial charge >= 0.3 is 0 Å². The molecule has 0 bridgehead atoms. The molecule has 1 aliphatic rings. The van der Waals surface area contributed by atoms with Gasteiger partial charge in [-0.3, -0.25) is 14.2 Å². The van der Waals surface area contributed by atoms with E-state index < -0.39 is 6.04 Å². The summed E-state index contributed by atoms with van der Waals surface area (Å²) in [4.78, 5) is 34.5. The average Bonchev–Trinajstić information content (AvgIpc) is 3.17. The Morgan fingerprint density at radius 2 is 1.92 bits per heavy atom. The summed E-state index contributed by atoms with van der Waals surface area (Å²) < 4.78 is 13.1. The number of amides is 1. The lowest BCUT2D eigenvalue weighted by atomic mass is 9.93. The number of hydrogen-bond donors (Lipinski definition) is 1. The van der Waals surface area contributed by atoms with Gasteiger partial charge in [0.2, 0.25) is 0 Å². The molecule has 2 heterocycles. The van der Waals surface area contributed by atoms with Crippen molar-refractivity contribution in [2.75, 3.05) is 27.3 Å². The largest absolute Gasteiger partial charge is 0.508 e. The van der Waals surface area contributed by atoms with Crippen molar-refractivity contribution in [3.63, 3.8) is 0 Å². The SMILES string of the molecule is CCN(CC)C(=O)C1=C(C)N=c2s/c(=C/c3cccc(O)c3)c(=O)n2[C@H]1c1cc(OC)ccc1OC. The maximum atomic E-state index is 13.8. The van der Waals surface area contributed by atoms with Crippen LogP contribution >= 0.6 is 11.3 Å². The third kappa shape index (κ3) is 4.54. The molecule has 0 spiro atoms. The van der Waals surface area contributed by atoms with Gasteiger partial charge in [0.25, 0.3) is 11.5 Å². The van der Waals surface area contributed by atoms with Gasteiger partial charge in [-0.1, -0.05) is 23.5 Å². The van der Waals surface area contributed by atoms with E-state index in [1.807, 2.05) is 13.8 Å². The van der Waals surface area contributed by atoms with E-state index in [0.29, 0.717) is 56.3 Å². The molecule has 188 valence electrons. The second kappa shape index (κ2) is 10.4. The zero-order chi connectivity index (χ0) is 26.0. The first kappa shape index (κ1) is 25.2. The van der Waals surface area contributed by atoms with Crippen LogP contribution in [-0.4, -0.2) is 47.8 Å². The number of ether oxygens (including phenoxy) is 2. The van der Waals surface area contributed by atoms with Gasteiger partial charge in [-0.15, -0.1) is 0 Å². The number of rotatable bonds is 7. The molecular formula is C27H29N3O5S. The number of aromatic nitrogens is 1. The Labute approximate surface area is 213 Å². The van der Waals surface area contributed by atoms with E-state index in [4.69, 9.17) is 9.47 Å². The van der Waals surface area contributed by atoms with Crippen molar-refractivity contribution >= 4 is 23.3 Å². The molecule has 36 heavy (non-hydrogen) atoms. The molecule has 0 aliphatic carbocycles. The topological polar surface area (TPSA) is 93.4 Å². The van der Waals surface area contributed by atoms with Crippen molar-refractivity contribution in [3.8, 4) is 17.2 Å². The summed E-state index contributed by atoms with van der Waals surface area (Å²) in [7, 11) is 3.12. The molecule has 3 aromatic rings. The number of hydrogen-bond acceptors (Lipinski definition) is 7. The van der Waals surface area contributed by atoms with Gasteiger partial charge in [0.15, 0.2) is 4.80 Å². The summed E-state index contributed by atoms with van der Waals surface area (Å²) in [6.45, 7) is 6.68. The van der Waals surface area contributed by atoms with Crippen LogP contribution < -0.4 is 24.4 Å². The Morgan fingerprint density at radius 1 is 1.17 bits per heavy atom. The van der Waals surface area contributed by atoms with Crippen molar-refractivity contribution < 1.29 is 19.4 Å². The van der Waals surface area contributed by atoms with E-state index in [-0.39, 0.29) is 17.2 Å². The van der Waals surface area contributed by atoms with Crippen LogP contribution in [-0.2, 0) is 4.79 Å². The van der Waals surface area contributed by atoms with Crippen molar-refractivity contribution in [2.24, 2.45) is 4.99 Å². The third-order valence-corrected chi connectivity index (χ3v) is 7.19. The van der Waals surface area contributed by atoms with Crippen LogP contribution in [0.1, 0.15) is 37.9 Å². The van der Waals surface area contributed by atoms with Crippen LogP contribution in [0, 0.1) is 0 Å². The monoisotopic (exact) mass is 507 g/mol. The molecular weight excluding hydrogens is 478 g/mol. The zero-order valence-electron chi connectivity index (χ0n) is 20.9. The molecule has 1 aliphatic heterocycles. The molecule has 8 nitrogen and oxygen atoms in total. The number of aromatic hydroxyl groups is 1. The van der Waals surface area contributed by atoms with Crippen molar-refractivity contribution in [3.05, 3.63) is 84.5 Å². The van der Waals surface area contributed by atoms with Crippen LogP contribution in [0.5, 0.6) is 17.2 Å². The van der Waals surface area contributed by atoms with Gasteiger partial charge in [-0.05, 0) is 62.7 Å². The van der Waals surface area contributed by atoms with Crippen molar-refractivity contribution in [1.82, 2.24) is 9.47 Å². The molecule has 1 amide bonds. The number of phenolic OH excluding ortho intramolecular Hbond substituents is 1. The number of carbonyl (C=O) groups excluding carboxylic acids is 1. The second-order valence-corrected chi connectivity index (χ2v) is 9.27. The van der Waals surface area contributed by atoms with Crippen molar-refractivity contribution in [1.29, 1.82) is 0 Å². The highest BCUT2D eigenvalue weighted by atomic mass is 32.1. The van der Waals surface area contributed by atoms with Gasteiger partial charge in [-0.25, -0.2) is 4.99 Å². The summed E-state index contributed by atoms with van der Waals surface area (Å²) in [6, 6.07) is 11.3. The smallest absolute Gasteiger partial charge is 0.271 e. The number of phenols is 1. The highest BCUT2D eigenvalue weighted by molar-refractivity contribution is 7.07. The standard InChI is InChI=1S/C27H29N3O5S/c1-6-29(7-2)26(33)23-16(3)28-27-30(24(23)20-15-19(34-4)11-12-21(20)35-5)25(32)22(36-27)14-17-9-8-10-18(31)13-17/h8-15,24,31H,6-7H2,1-5H3/b22-14+/t24-/m0/s1. The molecule has 9 heteroatoms. The van der Waals surface area contributed by atoms with E-state index in [0.717, 1.165) is 0 Å².